The summed E-state index contributed by atoms with van der Waals surface area (Å²) in [5.74, 6) is -1.26. The fourth-order valence-corrected chi connectivity index (χ4v) is 2.81. The molecule has 0 fully saturated rings. The number of carboxylic acid groups (broad SMARTS) is 1. The lowest BCUT2D eigenvalue weighted by atomic mass is 10.2. The number of hydrogen-bond acceptors (Lipinski definition) is 4. The molecule has 21 heavy (non-hydrogen) atoms. The van der Waals surface area contributed by atoms with Crippen LogP contribution >= 0.6 is 0 Å². The molecule has 0 amide bonds. The molecule has 8 heteroatoms. The topological polar surface area (TPSA) is 123 Å². The molecular weight excluding hydrogens is 294 g/mol. The van der Waals surface area contributed by atoms with Crippen molar-refractivity contribution >= 4 is 21.7 Å². The number of aromatic amines is 1. The van der Waals surface area contributed by atoms with Gasteiger partial charge in [-0.25, -0.2) is 13.2 Å². The van der Waals surface area contributed by atoms with E-state index in [1.54, 1.807) is 6.92 Å². The maximum atomic E-state index is 12.2. The maximum absolute atomic E-state index is 12.2. The number of nitrogens with zero attached hydrogens (tertiary/aromatic N) is 1. The summed E-state index contributed by atoms with van der Waals surface area (Å²) >= 11 is 0. The van der Waals surface area contributed by atoms with Crippen molar-refractivity contribution in [3.05, 3.63) is 47.3 Å². The summed E-state index contributed by atoms with van der Waals surface area (Å²) in [6, 6.07) is 8.58. The zero-order valence-corrected chi connectivity index (χ0v) is 11.7. The Labute approximate surface area is 120 Å². The SMILES string of the molecule is Cc1cc(NS(=O)(=O)c2ccc(C#N)cc2)c(C(=O)O)[nH]1. The lowest BCUT2D eigenvalue weighted by Gasteiger charge is -2.07. The molecule has 0 aliphatic heterocycles. The summed E-state index contributed by atoms with van der Waals surface area (Å²) < 4.78 is 26.6. The molecule has 1 aromatic heterocycles. The van der Waals surface area contributed by atoms with Crippen molar-refractivity contribution < 1.29 is 18.3 Å². The Morgan fingerprint density at radius 2 is 1.95 bits per heavy atom. The molecule has 1 aromatic carbocycles. The van der Waals surface area contributed by atoms with Crippen LogP contribution in [0.5, 0.6) is 0 Å². The van der Waals surface area contributed by atoms with Crippen LogP contribution in [0.1, 0.15) is 21.7 Å². The zero-order valence-electron chi connectivity index (χ0n) is 10.9. The van der Waals surface area contributed by atoms with Crippen LogP contribution in [-0.2, 0) is 10.0 Å². The molecule has 0 atom stereocenters. The first kappa shape index (κ1) is 14.6. The highest BCUT2D eigenvalue weighted by Crippen LogP contribution is 2.21. The number of aryl methyl sites for hydroxylation is 1. The van der Waals surface area contributed by atoms with Gasteiger partial charge in [-0.2, -0.15) is 5.26 Å². The van der Waals surface area contributed by atoms with E-state index in [9.17, 15) is 13.2 Å². The van der Waals surface area contributed by atoms with E-state index in [0.717, 1.165) is 0 Å². The first-order valence-electron chi connectivity index (χ1n) is 5.79. The van der Waals surface area contributed by atoms with Crippen LogP contribution in [0.3, 0.4) is 0 Å². The normalized spacial score (nSPS) is 10.9. The minimum absolute atomic E-state index is 0.0376. The van der Waals surface area contributed by atoms with Crippen molar-refractivity contribution in [1.29, 1.82) is 5.26 Å². The smallest absolute Gasteiger partial charge is 0.354 e. The number of nitrogens with one attached hydrogen (secondary N) is 2. The number of anilines is 1. The average molecular weight is 305 g/mol. The van der Waals surface area contributed by atoms with Gasteiger partial charge in [0.1, 0.15) is 5.69 Å². The first-order valence-corrected chi connectivity index (χ1v) is 7.27. The van der Waals surface area contributed by atoms with E-state index in [1.807, 2.05) is 6.07 Å². The largest absolute Gasteiger partial charge is 0.477 e. The molecule has 0 aliphatic carbocycles. The van der Waals surface area contributed by atoms with Gasteiger partial charge in [0.05, 0.1) is 22.2 Å². The fraction of sp³-hybridized carbons (Fsp3) is 0.0769. The van der Waals surface area contributed by atoms with Gasteiger partial charge >= 0.3 is 5.97 Å². The quantitative estimate of drug-likeness (QED) is 0.793. The second-order valence-corrected chi connectivity index (χ2v) is 5.97. The monoisotopic (exact) mass is 305 g/mol. The summed E-state index contributed by atoms with van der Waals surface area (Å²) in [7, 11) is -3.92. The third-order valence-corrected chi connectivity index (χ3v) is 4.09. The van der Waals surface area contributed by atoms with Crippen molar-refractivity contribution in [3.63, 3.8) is 0 Å². The summed E-state index contributed by atoms with van der Waals surface area (Å²) in [5, 5.41) is 17.7. The predicted molar refractivity (Wildman–Crippen MR) is 74.5 cm³/mol. The molecular formula is C13H11N3O4S. The Morgan fingerprint density at radius 1 is 1.33 bits per heavy atom. The molecule has 0 spiro atoms. The molecule has 3 N–H and O–H groups in total. The highest BCUT2D eigenvalue weighted by atomic mass is 32.2. The van der Waals surface area contributed by atoms with Crippen molar-refractivity contribution in [3.8, 4) is 6.07 Å². The van der Waals surface area contributed by atoms with Crippen molar-refractivity contribution in [1.82, 2.24) is 4.98 Å². The third kappa shape index (κ3) is 3.04. The molecule has 108 valence electrons. The second kappa shape index (κ2) is 5.30. The predicted octanol–water partition coefficient (Wildman–Crippen LogP) is 1.69. The zero-order chi connectivity index (χ0) is 15.6. The molecule has 0 unspecified atom stereocenters. The summed E-state index contributed by atoms with van der Waals surface area (Å²) in [6.45, 7) is 1.62. The number of benzene rings is 1. The molecule has 0 aliphatic rings. The van der Waals surface area contributed by atoms with Crippen LogP contribution in [0.15, 0.2) is 35.2 Å². The Hall–Kier alpha value is -2.79. The maximum Gasteiger partial charge on any atom is 0.354 e. The number of nitriles is 1. The summed E-state index contributed by atoms with van der Waals surface area (Å²) in [4.78, 5) is 13.5. The molecule has 0 bridgehead atoms. The summed E-state index contributed by atoms with van der Waals surface area (Å²) in [6.07, 6.45) is 0. The number of rotatable bonds is 4. The highest BCUT2D eigenvalue weighted by Gasteiger charge is 2.20. The highest BCUT2D eigenvalue weighted by molar-refractivity contribution is 7.92. The Kier molecular flexibility index (Phi) is 3.69. The first-order chi connectivity index (χ1) is 9.83. The van der Waals surface area contributed by atoms with Gasteiger partial charge in [0, 0.05) is 5.69 Å². The van der Waals surface area contributed by atoms with Gasteiger partial charge < -0.3 is 10.1 Å². The fourth-order valence-electron chi connectivity index (χ4n) is 1.75. The lowest BCUT2D eigenvalue weighted by molar-refractivity contribution is 0.0692. The number of aromatic nitrogens is 1. The van der Waals surface area contributed by atoms with Crippen LogP contribution in [0.2, 0.25) is 0 Å². The van der Waals surface area contributed by atoms with E-state index >= 15 is 0 Å². The lowest BCUT2D eigenvalue weighted by Crippen LogP contribution is -2.14. The van der Waals surface area contributed by atoms with E-state index < -0.39 is 16.0 Å². The van der Waals surface area contributed by atoms with Crippen LogP contribution in [0, 0.1) is 18.3 Å². The van der Waals surface area contributed by atoms with Crippen LogP contribution in [0.4, 0.5) is 5.69 Å². The molecule has 1 heterocycles. The Balaban J connectivity index is 2.37. The molecule has 7 nitrogen and oxygen atoms in total. The summed E-state index contributed by atoms with van der Waals surface area (Å²) in [5.41, 5.74) is 0.580. The number of hydrogen-bond donors (Lipinski definition) is 3. The van der Waals surface area contributed by atoms with Gasteiger partial charge in [0.25, 0.3) is 10.0 Å². The molecule has 2 aromatic rings. The molecule has 0 saturated carbocycles. The second-order valence-electron chi connectivity index (χ2n) is 4.29. The van der Waals surface area contributed by atoms with E-state index in [-0.39, 0.29) is 16.3 Å². The van der Waals surface area contributed by atoms with Gasteiger partial charge in [-0.15, -0.1) is 0 Å². The van der Waals surface area contributed by atoms with Gasteiger partial charge in [-0.3, -0.25) is 4.72 Å². The van der Waals surface area contributed by atoms with E-state index in [0.29, 0.717) is 11.3 Å². The van der Waals surface area contributed by atoms with Crippen LogP contribution in [-0.4, -0.2) is 24.5 Å². The van der Waals surface area contributed by atoms with E-state index in [2.05, 4.69) is 9.71 Å². The van der Waals surface area contributed by atoms with Gasteiger partial charge in [0.15, 0.2) is 0 Å². The molecule has 0 saturated heterocycles. The van der Waals surface area contributed by atoms with Crippen LogP contribution in [0.25, 0.3) is 0 Å². The van der Waals surface area contributed by atoms with E-state index in [4.69, 9.17) is 10.4 Å². The van der Waals surface area contributed by atoms with Gasteiger partial charge in [-0.1, -0.05) is 0 Å². The molecule has 2 rings (SSSR count). The average Bonchev–Trinajstić information content (AvgIpc) is 2.79. The van der Waals surface area contributed by atoms with Crippen molar-refractivity contribution in [2.24, 2.45) is 0 Å². The molecule has 0 radical (unpaired) electrons. The minimum atomic E-state index is -3.92. The van der Waals surface area contributed by atoms with Crippen LogP contribution < -0.4 is 4.72 Å². The number of carbonyl (C=O) groups is 1. The number of H-pyrrole nitrogens is 1. The van der Waals surface area contributed by atoms with Gasteiger partial charge in [0.2, 0.25) is 0 Å². The third-order valence-electron chi connectivity index (χ3n) is 2.70. The number of carboxylic acids is 1. The Bertz CT molecular complexity index is 829. The number of sulfonamides is 1. The number of aromatic carboxylic acids is 1. The Morgan fingerprint density at radius 3 is 2.48 bits per heavy atom. The van der Waals surface area contributed by atoms with Gasteiger partial charge in [-0.05, 0) is 37.3 Å². The minimum Gasteiger partial charge on any atom is -0.477 e. The van der Waals surface area contributed by atoms with E-state index in [1.165, 1.54) is 30.3 Å². The van der Waals surface area contributed by atoms with Crippen molar-refractivity contribution in [2.75, 3.05) is 4.72 Å². The standard InChI is InChI=1S/C13H11N3O4S/c1-8-6-11(12(15-8)13(17)18)16-21(19,20)10-4-2-9(7-14)3-5-10/h2-6,15-16H,1H3,(H,17,18). The van der Waals surface area contributed by atoms with Crippen molar-refractivity contribution in [2.45, 2.75) is 11.8 Å².